The zero-order chi connectivity index (χ0) is 21.6. The Morgan fingerprint density at radius 1 is 0.724 bits per heavy atom. The van der Waals surface area contributed by atoms with E-state index in [4.69, 9.17) is 9.47 Å². The highest BCUT2D eigenvalue weighted by Gasteiger charge is 2.15. The largest absolute Gasteiger partial charge is 0.458 e. The molecule has 0 heterocycles. The Morgan fingerprint density at radius 3 is 1.69 bits per heavy atom. The number of esters is 1. The summed E-state index contributed by atoms with van der Waals surface area (Å²) in [5.41, 5.74) is -0.444. The van der Waals surface area contributed by atoms with E-state index in [1.807, 2.05) is 20.8 Å². The summed E-state index contributed by atoms with van der Waals surface area (Å²) in [5, 5.41) is 0. The molecule has 0 bridgehead atoms. The molecule has 0 saturated heterocycles. The highest BCUT2D eigenvalue weighted by atomic mass is 16.6. The number of carbonyl (C=O) groups excluding carboxylic acids is 1. The summed E-state index contributed by atoms with van der Waals surface area (Å²) in [6.07, 6.45) is 29.2. The van der Waals surface area contributed by atoms with Gasteiger partial charge in [0.15, 0.2) is 0 Å². The van der Waals surface area contributed by atoms with Crippen LogP contribution in [0.1, 0.15) is 91.9 Å². The molecule has 3 nitrogen and oxygen atoms in total. The molecule has 0 amide bonds. The van der Waals surface area contributed by atoms with Crippen LogP contribution in [0.25, 0.3) is 0 Å². The van der Waals surface area contributed by atoms with Gasteiger partial charge in [-0.3, -0.25) is 0 Å². The van der Waals surface area contributed by atoms with Crippen LogP contribution in [0.15, 0.2) is 48.6 Å². The maximum absolute atomic E-state index is 11.5. The smallest absolute Gasteiger partial charge is 0.332 e. The Balaban J connectivity index is 3.45. The van der Waals surface area contributed by atoms with Gasteiger partial charge in [0.1, 0.15) is 12.2 Å². The van der Waals surface area contributed by atoms with E-state index in [0.717, 1.165) is 38.5 Å². The van der Waals surface area contributed by atoms with E-state index in [0.29, 0.717) is 6.61 Å². The van der Waals surface area contributed by atoms with Gasteiger partial charge in [-0.25, -0.2) is 4.79 Å². The van der Waals surface area contributed by atoms with Crippen LogP contribution in [0.2, 0.25) is 0 Å². The topological polar surface area (TPSA) is 35.5 Å². The van der Waals surface area contributed by atoms with Crippen molar-refractivity contribution in [1.29, 1.82) is 0 Å². The number of ether oxygens (including phenoxy) is 2. The fraction of sp³-hybridized carbons (Fsp3) is 0.654. The molecule has 0 aromatic carbocycles. The molecule has 0 radical (unpaired) electrons. The minimum Gasteiger partial charge on any atom is -0.458 e. The van der Waals surface area contributed by atoms with Crippen LogP contribution in [0.5, 0.6) is 0 Å². The Labute approximate surface area is 179 Å². The van der Waals surface area contributed by atoms with Gasteiger partial charge in [0.05, 0.1) is 0 Å². The molecule has 0 aliphatic heterocycles. The van der Waals surface area contributed by atoms with Gasteiger partial charge in [0, 0.05) is 6.61 Å². The van der Waals surface area contributed by atoms with E-state index in [1.54, 1.807) is 0 Å². The summed E-state index contributed by atoms with van der Waals surface area (Å²) in [7, 11) is 0. The van der Waals surface area contributed by atoms with E-state index in [9.17, 15) is 4.79 Å². The lowest BCUT2D eigenvalue weighted by atomic mass is 10.2. The van der Waals surface area contributed by atoms with Gasteiger partial charge >= 0.3 is 5.97 Å². The van der Waals surface area contributed by atoms with Crippen molar-refractivity contribution < 1.29 is 14.3 Å². The van der Waals surface area contributed by atoms with Crippen molar-refractivity contribution in [3.63, 3.8) is 0 Å². The minimum atomic E-state index is -0.444. The molecule has 0 rings (SSSR count). The molecule has 0 atom stereocenters. The Kier molecular flexibility index (Phi) is 18.6. The van der Waals surface area contributed by atoms with Gasteiger partial charge in [-0.15, -0.1) is 0 Å². The standard InChI is InChI=1S/C26H44O3/c1-5-6-7-8-9-10-11-12-13-14-15-16-17-18-19-20-21-22-23-28-24-25(27)29-26(2,3)4/h9-10,12-13,15-16,18-19H,5-8,11,14,17,20-24H2,1-4H3. The minimum absolute atomic E-state index is 0.0433. The lowest BCUT2D eigenvalue weighted by molar-refractivity contribution is -0.160. The lowest BCUT2D eigenvalue weighted by Gasteiger charge is -2.19. The van der Waals surface area contributed by atoms with E-state index < -0.39 is 5.60 Å². The third-order valence-electron chi connectivity index (χ3n) is 4.01. The normalized spacial score (nSPS) is 12.8. The maximum atomic E-state index is 11.5. The number of hydrogen-bond donors (Lipinski definition) is 0. The first-order chi connectivity index (χ1) is 14.0. The SMILES string of the molecule is CCCCCC=CCC=CCC=CCC=CCCCCOCC(=O)OC(C)(C)C. The van der Waals surface area contributed by atoms with Gasteiger partial charge < -0.3 is 9.47 Å². The number of hydrogen-bond acceptors (Lipinski definition) is 3. The number of rotatable bonds is 17. The van der Waals surface area contributed by atoms with Crippen LogP contribution >= 0.6 is 0 Å². The molecule has 0 saturated carbocycles. The van der Waals surface area contributed by atoms with E-state index in [2.05, 4.69) is 55.5 Å². The first-order valence-corrected chi connectivity index (χ1v) is 11.3. The summed E-state index contributed by atoms with van der Waals surface area (Å²) in [5.74, 6) is -0.294. The predicted molar refractivity (Wildman–Crippen MR) is 125 cm³/mol. The van der Waals surface area contributed by atoms with Crippen molar-refractivity contribution in [2.24, 2.45) is 0 Å². The summed E-state index contributed by atoms with van der Waals surface area (Å²) in [4.78, 5) is 11.5. The Morgan fingerprint density at radius 2 is 1.21 bits per heavy atom. The fourth-order valence-electron chi connectivity index (χ4n) is 2.55. The van der Waals surface area contributed by atoms with E-state index >= 15 is 0 Å². The molecule has 0 fully saturated rings. The van der Waals surface area contributed by atoms with Gasteiger partial charge in [0.2, 0.25) is 0 Å². The molecule has 0 aliphatic rings. The Hall–Kier alpha value is -1.61. The quantitative estimate of drug-likeness (QED) is 0.143. The second-order valence-electron chi connectivity index (χ2n) is 8.22. The average molecular weight is 405 g/mol. The summed E-state index contributed by atoms with van der Waals surface area (Å²) >= 11 is 0. The highest BCUT2D eigenvalue weighted by molar-refractivity contribution is 5.71. The third-order valence-corrected chi connectivity index (χ3v) is 4.01. The lowest BCUT2D eigenvalue weighted by Crippen LogP contribution is -2.26. The molecule has 3 heteroatoms. The van der Waals surface area contributed by atoms with Crippen molar-refractivity contribution in [2.75, 3.05) is 13.2 Å². The summed E-state index contributed by atoms with van der Waals surface area (Å²) in [6, 6.07) is 0. The molecular weight excluding hydrogens is 360 g/mol. The second kappa shape index (κ2) is 19.7. The van der Waals surface area contributed by atoms with Crippen LogP contribution in [0.3, 0.4) is 0 Å². The van der Waals surface area contributed by atoms with Crippen LogP contribution in [-0.4, -0.2) is 24.8 Å². The van der Waals surface area contributed by atoms with E-state index in [-0.39, 0.29) is 12.6 Å². The molecule has 0 aliphatic carbocycles. The molecule has 0 aromatic rings. The van der Waals surface area contributed by atoms with Crippen molar-refractivity contribution in [3.8, 4) is 0 Å². The third kappa shape index (κ3) is 24.4. The first-order valence-electron chi connectivity index (χ1n) is 11.3. The average Bonchev–Trinajstić information content (AvgIpc) is 2.65. The Bertz CT molecular complexity index is 493. The molecule has 0 aromatic heterocycles. The summed E-state index contributed by atoms with van der Waals surface area (Å²) in [6.45, 7) is 8.47. The predicted octanol–water partition coefficient (Wildman–Crippen LogP) is 7.49. The van der Waals surface area contributed by atoms with Crippen LogP contribution in [-0.2, 0) is 14.3 Å². The van der Waals surface area contributed by atoms with Gasteiger partial charge in [-0.1, -0.05) is 68.4 Å². The van der Waals surface area contributed by atoms with Gasteiger partial charge in [-0.05, 0) is 72.1 Å². The fourth-order valence-corrected chi connectivity index (χ4v) is 2.55. The highest BCUT2D eigenvalue weighted by Crippen LogP contribution is 2.07. The maximum Gasteiger partial charge on any atom is 0.332 e. The molecule has 0 spiro atoms. The number of carbonyl (C=O) groups is 1. The molecule has 0 N–H and O–H groups in total. The van der Waals surface area contributed by atoms with Gasteiger partial charge in [-0.2, -0.15) is 0 Å². The van der Waals surface area contributed by atoms with Crippen molar-refractivity contribution in [1.82, 2.24) is 0 Å². The van der Waals surface area contributed by atoms with Crippen LogP contribution in [0.4, 0.5) is 0 Å². The van der Waals surface area contributed by atoms with Crippen LogP contribution in [0, 0.1) is 0 Å². The number of allylic oxidation sites excluding steroid dienone is 8. The van der Waals surface area contributed by atoms with Crippen molar-refractivity contribution >= 4 is 5.97 Å². The molecular formula is C26H44O3. The van der Waals surface area contributed by atoms with E-state index in [1.165, 1.54) is 25.7 Å². The number of unbranched alkanes of at least 4 members (excludes halogenated alkanes) is 5. The van der Waals surface area contributed by atoms with Crippen molar-refractivity contribution in [2.45, 2.75) is 97.5 Å². The van der Waals surface area contributed by atoms with Crippen LogP contribution < -0.4 is 0 Å². The first kappa shape index (κ1) is 27.4. The monoisotopic (exact) mass is 404 g/mol. The molecule has 29 heavy (non-hydrogen) atoms. The molecule has 166 valence electrons. The van der Waals surface area contributed by atoms with Gasteiger partial charge in [0.25, 0.3) is 0 Å². The zero-order valence-electron chi connectivity index (χ0n) is 19.3. The molecule has 0 unspecified atom stereocenters. The summed E-state index contributed by atoms with van der Waals surface area (Å²) < 4.78 is 10.5. The van der Waals surface area contributed by atoms with Crippen molar-refractivity contribution in [3.05, 3.63) is 48.6 Å². The second-order valence-corrected chi connectivity index (χ2v) is 8.22. The zero-order valence-corrected chi connectivity index (χ0v) is 19.3.